The minimum absolute atomic E-state index is 0.196. The molecule has 0 aliphatic carbocycles. The number of nitrogens with zero attached hydrogens (tertiary/aromatic N) is 3. The molecule has 0 fully saturated rings. The number of aryl methyl sites for hydroxylation is 2. The summed E-state index contributed by atoms with van der Waals surface area (Å²) >= 11 is 5.99. The van der Waals surface area contributed by atoms with Crippen molar-refractivity contribution in [3.63, 3.8) is 0 Å². The fourth-order valence-electron chi connectivity index (χ4n) is 3.85. The second-order valence-electron chi connectivity index (χ2n) is 7.61. The third-order valence-corrected chi connectivity index (χ3v) is 7.73. The van der Waals surface area contributed by atoms with Crippen molar-refractivity contribution >= 4 is 32.7 Å². The van der Waals surface area contributed by atoms with Crippen molar-refractivity contribution in [1.29, 1.82) is 0 Å². The van der Waals surface area contributed by atoms with Crippen LogP contribution in [0.4, 0.5) is 0 Å². The normalized spacial score (nSPS) is 14.9. The van der Waals surface area contributed by atoms with E-state index in [1.165, 1.54) is 21.5 Å². The average Bonchev–Trinajstić information content (AvgIpc) is 3.31. The minimum atomic E-state index is -3.63. The molecule has 30 heavy (non-hydrogen) atoms. The molecule has 1 aliphatic heterocycles. The summed E-state index contributed by atoms with van der Waals surface area (Å²) < 4.78 is 27.5. The van der Waals surface area contributed by atoms with E-state index in [4.69, 9.17) is 16.6 Å². The summed E-state index contributed by atoms with van der Waals surface area (Å²) in [5.41, 5.74) is 6.78. The molecule has 0 unspecified atom stereocenters. The number of imidazole rings is 1. The largest absolute Gasteiger partial charge is 0.337 e. The quantitative estimate of drug-likeness (QED) is 0.503. The van der Waals surface area contributed by atoms with Gasteiger partial charge < -0.3 is 4.98 Å². The topological polar surface area (TPSA) is 94.7 Å². The summed E-state index contributed by atoms with van der Waals surface area (Å²) in [5.74, 6) is 0.693. The Labute approximate surface area is 179 Å². The molecule has 2 aromatic heterocycles. The third kappa shape index (κ3) is 3.12. The Morgan fingerprint density at radius 2 is 1.93 bits per heavy atom. The van der Waals surface area contributed by atoms with E-state index >= 15 is 0 Å². The van der Waals surface area contributed by atoms with Gasteiger partial charge in [0.05, 0.1) is 28.2 Å². The second-order valence-corrected chi connectivity index (χ2v) is 9.99. The van der Waals surface area contributed by atoms with Gasteiger partial charge in [0.2, 0.25) is 10.0 Å². The van der Waals surface area contributed by atoms with Crippen LogP contribution in [-0.2, 0) is 23.0 Å². The third-order valence-electron chi connectivity index (χ3n) is 5.65. The lowest BCUT2D eigenvalue weighted by Crippen LogP contribution is -2.36. The zero-order chi connectivity index (χ0) is 21.0. The Bertz CT molecular complexity index is 1350. The summed E-state index contributed by atoms with van der Waals surface area (Å²) in [4.78, 5) is 8.25. The molecule has 2 N–H and O–H groups in total. The molecule has 1 aliphatic rings. The maximum Gasteiger partial charge on any atom is 0.243 e. The van der Waals surface area contributed by atoms with E-state index in [1.807, 2.05) is 0 Å². The van der Waals surface area contributed by atoms with Crippen molar-refractivity contribution in [1.82, 2.24) is 24.5 Å². The van der Waals surface area contributed by atoms with E-state index in [9.17, 15) is 8.42 Å². The van der Waals surface area contributed by atoms with Crippen LogP contribution in [0, 0.1) is 13.8 Å². The Morgan fingerprint density at radius 1 is 1.13 bits per heavy atom. The van der Waals surface area contributed by atoms with Gasteiger partial charge in [-0.1, -0.05) is 17.7 Å². The SMILES string of the molecule is Cc1cc2nc(-c3n[nH]c4c3CCN(S(=O)(=O)c3cccc(Cl)c3)C4)[nH]c2cc1C. The number of hydrogen-bond acceptors (Lipinski definition) is 4. The molecule has 4 aromatic rings. The number of hydrogen-bond donors (Lipinski definition) is 2. The van der Waals surface area contributed by atoms with Crippen molar-refractivity contribution in [3.05, 3.63) is 63.8 Å². The van der Waals surface area contributed by atoms with Crippen molar-refractivity contribution < 1.29 is 8.42 Å². The Morgan fingerprint density at radius 3 is 2.73 bits per heavy atom. The molecule has 7 nitrogen and oxygen atoms in total. The van der Waals surface area contributed by atoms with Crippen LogP contribution in [-0.4, -0.2) is 39.4 Å². The first-order chi connectivity index (χ1) is 14.3. The van der Waals surface area contributed by atoms with Crippen LogP contribution < -0.4 is 0 Å². The summed E-state index contributed by atoms with van der Waals surface area (Å²) in [5, 5.41) is 7.86. The van der Waals surface area contributed by atoms with E-state index in [2.05, 4.69) is 41.2 Å². The minimum Gasteiger partial charge on any atom is -0.337 e. The number of fused-ring (bicyclic) bond motifs is 2. The highest BCUT2D eigenvalue weighted by Crippen LogP contribution is 2.31. The fourth-order valence-corrected chi connectivity index (χ4v) is 5.56. The summed E-state index contributed by atoms with van der Waals surface area (Å²) in [6.45, 7) is 4.73. The van der Waals surface area contributed by atoms with E-state index < -0.39 is 10.0 Å². The van der Waals surface area contributed by atoms with Gasteiger partial charge in [0, 0.05) is 17.1 Å². The number of aromatic amines is 2. The molecule has 0 atom stereocenters. The molecule has 0 radical (unpaired) electrons. The molecule has 154 valence electrons. The Kier molecular flexibility index (Phi) is 4.46. The number of rotatable bonds is 3. The van der Waals surface area contributed by atoms with Crippen LogP contribution in [0.3, 0.4) is 0 Å². The summed E-state index contributed by atoms with van der Waals surface area (Å²) in [7, 11) is -3.63. The van der Waals surface area contributed by atoms with Crippen molar-refractivity contribution in [2.24, 2.45) is 0 Å². The molecule has 0 amide bonds. The number of nitrogens with one attached hydrogen (secondary N) is 2. The van der Waals surface area contributed by atoms with Crippen molar-refractivity contribution in [2.75, 3.05) is 6.54 Å². The fraction of sp³-hybridized carbons (Fsp3) is 0.238. The van der Waals surface area contributed by atoms with Crippen LogP contribution in [0.1, 0.15) is 22.4 Å². The van der Waals surface area contributed by atoms with Crippen LogP contribution in [0.2, 0.25) is 5.02 Å². The summed E-state index contributed by atoms with van der Waals surface area (Å²) in [6.07, 6.45) is 0.552. The highest BCUT2D eigenvalue weighted by molar-refractivity contribution is 7.89. The molecule has 0 saturated carbocycles. The van der Waals surface area contributed by atoms with Crippen LogP contribution >= 0.6 is 11.6 Å². The Balaban J connectivity index is 1.48. The van der Waals surface area contributed by atoms with E-state index in [-0.39, 0.29) is 11.4 Å². The zero-order valence-electron chi connectivity index (χ0n) is 16.5. The first-order valence-electron chi connectivity index (χ1n) is 9.62. The second kappa shape index (κ2) is 6.94. The Hall–Kier alpha value is -2.68. The van der Waals surface area contributed by atoms with Gasteiger partial charge in [0.15, 0.2) is 5.82 Å². The van der Waals surface area contributed by atoms with Crippen LogP contribution in [0.5, 0.6) is 0 Å². The first-order valence-corrected chi connectivity index (χ1v) is 11.4. The molecular weight excluding hydrogens is 422 g/mol. The molecule has 0 saturated heterocycles. The van der Waals surface area contributed by atoms with Gasteiger partial charge in [-0.15, -0.1) is 0 Å². The molecule has 0 bridgehead atoms. The zero-order valence-corrected chi connectivity index (χ0v) is 18.1. The lowest BCUT2D eigenvalue weighted by Gasteiger charge is -2.26. The summed E-state index contributed by atoms with van der Waals surface area (Å²) in [6, 6.07) is 10.5. The molecule has 0 spiro atoms. The first kappa shape index (κ1) is 19.3. The van der Waals surface area contributed by atoms with E-state index in [1.54, 1.807) is 18.2 Å². The lowest BCUT2D eigenvalue weighted by molar-refractivity contribution is 0.387. The highest BCUT2D eigenvalue weighted by Gasteiger charge is 2.31. The maximum absolute atomic E-state index is 13.0. The number of halogens is 1. The molecule has 9 heteroatoms. The number of H-pyrrole nitrogens is 2. The maximum atomic E-state index is 13.0. The van der Waals surface area contributed by atoms with Crippen molar-refractivity contribution in [3.8, 4) is 11.5 Å². The monoisotopic (exact) mass is 441 g/mol. The van der Waals surface area contributed by atoms with Gasteiger partial charge in [-0.25, -0.2) is 13.4 Å². The number of sulfonamides is 1. The molecular formula is C21H20ClN5O2S. The molecule has 5 rings (SSSR count). The molecule has 3 heterocycles. The van der Waals surface area contributed by atoms with Crippen molar-refractivity contribution in [2.45, 2.75) is 31.7 Å². The smallest absolute Gasteiger partial charge is 0.243 e. The molecule has 2 aromatic carbocycles. The van der Waals surface area contributed by atoms with E-state index in [0.717, 1.165) is 28.0 Å². The standard InChI is InChI=1S/C21H20ClN5O2S/c1-12-8-17-18(9-13(12)2)24-21(23-17)20-16-6-7-27(11-19(16)25-26-20)30(28,29)15-5-3-4-14(22)10-15/h3-5,8-10H,6-7,11H2,1-2H3,(H,23,24)(H,25,26). The van der Waals surface area contributed by atoms with Gasteiger partial charge in [-0.05, 0) is 61.7 Å². The highest BCUT2D eigenvalue weighted by atomic mass is 35.5. The van der Waals surface area contributed by atoms with Gasteiger partial charge in [-0.2, -0.15) is 9.40 Å². The van der Waals surface area contributed by atoms with Gasteiger partial charge in [-0.3, -0.25) is 5.10 Å². The number of benzene rings is 2. The average molecular weight is 442 g/mol. The predicted octanol–water partition coefficient (Wildman–Crippen LogP) is 3.97. The van der Waals surface area contributed by atoms with Gasteiger partial charge in [0.25, 0.3) is 0 Å². The van der Waals surface area contributed by atoms with Crippen LogP contribution in [0.25, 0.3) is 22.6 Å². The van der Waals surface area contributed by atoms with Gasteiger partial charge in [0.1, 0.15) is 5.69 Å². The lowest BCUT2D eigenvalue weighted by atomic mass is 10.1. The van der Waals surface area contributed by atoms with E-state index in [0.29, 0.717) is 23.8 Å². The number of aromatic nitrogens is 4. The van der Waals surface area contributed by atoms with Crippen LogP contribution in [0.15, 0.2) is 41.3 Å². The predicted molar refractivity (Wildman–Crippen MR) is 116 cm³/mol. The van der Waals surface area contributed by atoms with Gasteiger partial charge >= 0.3 is 0 Å².